The Balaban J connectivity index is -0.000000427. The van der Waals surface area contributed by atoms with Gasteiger partial charge in [0.2, 0.25) is 0 Å². The monoisotopic (exact) mass is 339 g/mol. The van der Waals surface area contributed by atoms with E-state index in [1.165, 1.54) is 6.92 Å². The molecule has 0 aliphatic rings. The van der Waals surface area contributed by atoms with E-state index in [1.54, 1.807) is 13.8 Å². The molecule has 3 radical (unpaired) electrons. The summed E-state index contributed by atoms with van der Waals surface area (Å²) in [5.74, 6) is 0. The number of phosphoric acid groups is 1. The summed E-state index contributed by atoms with van der Waals surface area (Å²) in [5, 5.41) is 0. The molecule has 107 valence electrons. The van der Waals surface area contributed by atoms with E-state index in [1.807, 2.05) is 0 Å². The average Bonchev–Trinajstić information content (AvgIpc) is 2.17. The first kappa shape index (κ1) is 21.1. The minimum absolute atomic E-state index is 0. The van der Waals surface area contributed by atoms with Crippen LogP contribution >= 0.6 is 24.3 Å². The molecule has 0 aromatic rings. The van der Waals surface area contributed by atoms with Crippen LogP contribution in [0.2, 0.25) is 0 Å². The summed E-state index contributed by atoms with van der Waals surface area (Å²) in [6, 6.07) is 0. The maximum Gasteiger partial charge on any atom is 0.708 e. The normalized spacial score (nSPS) is 15.5. The molecule has 0 saturated heterocycles. The second kappa shape index (κ2) is 11.6. The van der Waals surface area contributed by atoms with E-state index >= 15 is 0 Å². The van der Waals surface area contributed by atoms with Crippen LogP contribution in [0, 0.1) is 0 Å². The zero-order valence-electron chi connectivity index (χ0n) is 10.3. The minimum atomic E-state index is -4.21. The fraction of sp³-hybridized carbons (Fsp3) is 1.00. The van der Waals surface area contributed by atoms with Gasteiger partial charge in [-0.1, -0.05) is 0 Å². The minimum Gasteiger partial charge on any atom is -0.282 e. The van der Waals surface area contributed by atoms with Crippen LogP contribution in [0.3, 0.4) is 0 Å². The molecule has 0 N–H and O–H groups in total. The van der Waals surface area contributed by atoms with Gasteiger partial charge < -0.3 is 0 Å². The Hall–Kier alpha value is 0.762. The molecule has 0 aromatic carbocycles. The van der Waals surface area contributed by atoms with Gasteiger partial charge >= 0.3 is 24.3 Å². The van der Waals surface area contributed by atoms with Gasteiger partial charge in [0.05, 0.1) is 6.61 Å². The third kappa shape index (κ3) is 9.66. The van der Waals surface area contributed by atoms with Gasteiger partial charge in [0, 0.05) is 38.0 Å². The van der Waals surface area contributed by atoms with E-state index < -0.39 is 24.3 Å². The Morgan fingerprint density at radius 1 is 0.944 bits per heavy atom. The van der Waals surface area contributed by atoms with Crippen LogP contribution in [0.1, 0.15) is 23.6 Å². The molecule has 18 heavy (non-hydrogen) atoms. The summed E-state index contributed by atoms with van der Waals surface area (Å²) >= 11 is 0. The summed E-state index contributed by atoms with van der Waals surface area (Å²) in [6.07, 6.45) is 0. The highest BCUT2D eigenvalue weighted by Gasteiger charge is 2.48. The second-order valence-electron chi connectivity index (χ2n) is 2.31. The van der Waals surface area contributed by atoms with Gasteiger partial charge in [0.1, 0.15) is 13.2 Å². The first-order valence-corrected chi connectivity index (χ1v) is 8.46. The van der Waals surface area contributed by atoms with E-state index in [0.29, 0.717) is 0 Å². The molecule has 0 aliphatic heterocycles. The highest BCUT2D eigenvalue weighted by molar-refractivity contribution is 7.61. The van der Waals surface area contributed by atoms with Crippen molar-refractivity contribution >= 4 is 41.7 Å². The molecule has 2 unspecified atom stereocenters. The predicted molar refractivity (Wildman–Crippen MR) is 69.8 cm³/mol. The average molecular weight is 339 g/mol. The summed E-state index contributed by atoms with van der Waals surface area (Å²) < 4.78 is 56.7. The van der Waals surface area contributed by atoms with Crippen LogP contribution in [0.5, 0.6) is 0 Å². The molecule has 0 aromatic heterocycles. The fourth-order valence-electron chi connectivity index (χ4n) is 0.641. The number of rotatable bonds is 10. The SMILES string of the molecule is CCO[P+](=O)OP(=O)(OCC)O[P+](=O)OCC.[Al].[HH].[HH]. The smallest absolute Gasteiger partial charge is 0.282 e. The van der Waals surface area contributed by atoms with Crippen LogP contribution in [-0.2, 0) is 35.9 Å². The molecule has 0 heterocycles. The van der Waals surface area contributed by atoms with Crippen LogP contribution in [-0.4, -0.2) is 37.2 Å². The Labute approximate surface area is 121 Å². The Bertz CT molecular complexity index is 297. The van der Waals surface area contributed by atoms with Crippen molar-refractivity contribution in [2.45, 2.75) is 20.8 Å². The van der Waals surface area contributed by atoms with Gasteiger partial charge in [-0.2, -0.15) is 0 Å². The zero-order chi connectivity index (χ0) is 13.3. The summed E-state index contributed by atoms with van der Waals surface area (Å²) in [5.41, 5.74) is 0. The molecule has 0 rings (SSSR count). The van der Waals surface area contributed by atoms with Crippen molar-refractivity contribution in [3.05, 3.63) is 0 Å². The van der Waals surface area contributed by atoms with Crippen molar-refractivity contribution < 1.29 is 38.7 Å². The molecule has 8 nitrogen and oxygen atoms in total. The lowest BCUT2D eigenvalue weighted by Gasteiger charge is -2.02. The van der Waals surface area contributed by atoms with Crippen molar-refractivity contribution in [1.29, 1.82) is 0 Å². The van der Waals surface area contributed by atoms with Crippen LogP contribution in [0.15, 0.2) is 0 Å². The zero-order valence-corrected chi connectivity index (χ0v) is 14.1. The first-order chi connectivity index (χ1) is 7.97. The number of hydrogen-bond acceptors (Lipinski definition) is 8. The molecular weight excluding hydrogens is 320 g/mol. The van der Waals surface area contributed by atoms with Crippen LogP contribution < -0.4 is 0 Å². The molecule has 0 saturated carbocycles. The van der Waals surface area contributed by atoms with Crippen molar-refractivity contribution in [2.75, 3.05) is 19.8 Å². The van der Waals surface area contributed by atoms with Gasteiger partial charge in [0.25, 0.3) is 0 Å². The first-order valence-electron chi connectivity index (χ1n) is 4.81. The van der Waals surface area contributed by atoms with Crippen molar-refractivity contribution in [2.24, 2.45) is 0 Å². The maximum atomic E-state index is 11.8. The van der Waals surface area contributed by atoms with Gasteiger partial charge in [-0.15, -0.1) is 9.05 Å². The van der Waals surface area contributed by atoms with E-state index in [4.69, 9.17) is 0 Å². The molecule has 0 spiro atoms. The van der Waals surface area contributed by atoms with Crippen molar-refractivity contribution in [3.63, 3.8) is 0 Å². The van der Waals surface area contributed by atoms with E-state index in [0.717, 1.165) is 0 Å². The molecule has 12 heteroatoms. The Kier molecular flexibility index (Phi) is 13.6. The van der Waals surface area contributed by atoms with Crippen LogP contribution in [0.25, 0.3) is 0 Å². The quantitative estimate of drug-likeness (QED) is 0.439. The third-order valence-corrected chi connectivity index (χ3v) is 5.27. The molecule has 0 fully saturated rings. The van der Waals surface area contributed by atoms with Gasteiger partial charge in [-0.05, 0) is 20.8 Å². The summed E-state index contributed by atoms with van der Waals surface area (Å²) in [7, 11) is -9.54. The van der Waals surface area contributed by atoms with Crippen molar-refractivity contribution in [3.8, 4) is 0 Å². The molecule has 0 aliphatic carbocycles. The van der Waals surface area contributed by atoms with Gasteiger partial charge in [-0.25, -0.2) is 4.57 Å². The lowest BCUT2D eigenvalue weighted by Crippen LogP contribution is -1.94. The highest BCUT2D eigenvalue weighted by Crippen LogP contribution is 2.61. The Morgan fingerprint density at radius 3 is 1.61 bits per heavy atom. The van der Waals surface area contributed by atoms with Crippen LogP contribution in [0.4, 0.5) is 0 Å². The predicted octanol–water partition coefficient (Wildman–Crippen LogP) is 3.66. The largest absolute Gasteiger partial charge is 0.708 e. The lowest BCUT2D eigenvalue weighted by atomic mass is 10.9. The lowest BCUT2D eigenvalue weighted by molar-refractivity contribution is 0.195. The highest BCUT2D eigenvalue weighted by atomic mass is 31.3. The Morgan fingerprint density at radius 2 is 1.33 bits per heavy atom. The standard InChI is InChI=1S/C6H15O8P3.Al.2H2/c1-4-10-15(7)13-17(9,12-6-3)14-16(8)11-5-2;;;/h4-6H2,1-3H3;;2*1H/q+2;;;. The van der Waals surface area contributed by atoms with Crippen molar-refractivity contribution in [1.82, 2.24) is 0 Å². The summed E-state index contributed by atoms with van der Waals surface area (Å²) in [6.45, 7) is 4.81. The topological polar surface area (TPSA) is 97.4 Å². The van der Waals surface area contributed by atoms with E-state index in [9.17, 15) is 13.7 Å². The molecule has 0 bridgehead atoms. The number of hydrogen-bond donors (Lipinski definition) is 0. The fourth-order valence-corrected chi connectivity index (χ4v) is 3.83. The molecular formula is C6H19AlO8P3+2. The molecule has 0 amide bonds. The summed E-state index contributed by atoms with van der Waals surface area (Å²) in [4.78, 5) is 0. The van der Waals surface area contributed by atoms with Gasteiger partial charge in [0.15, 0.2) is 0 Å². The molecule has 2 atom stereocenters. The maximum absolute atomic E-state index is 11.8. The van der Waals surface area contributed by atoms with E-state index in [-0.39, 0.29) is 40.0 Å². The van der Waals surface area contributed by atoms with E-state index in [2.05, 4.69) is 22.2 Å². The van der Waals surface area contributed by atoms with Gasteiger partial charge in [-0.3, -0.25) is 4.52 Å². The second-order valence-corrected chi connectivity index (χ2v) is 6.18. The third-order valence-electron chi connectivity index (χ3n) is 1.09.